The van der Waals surface area contributed by atoms with Crippen LogP contribution in [0.15, 0.2) is 24.3 Å². The molecule has 2 rings (SSSR count). The van der Waals surface area contributed by atoms with E-state index in [1.165, 1.54) is 5.56 Å². The summed E-state index contributed by atoms with van der Waals surface area (Å²) in [6.45, 7) is 0.263. The Balaban J connectivity index is 2.06. The molecule has 1 aromatic rings. The van der Waals surface area contributed by atoms with Crippen LogP contribution in [0.4, 0.5) is 0 Å². The summed E-state index contributed by atoms with van der Waals surface area (Å²) < 4.78 is 0. The number of hydrogen-bond acceptors (Lipinski definition) is 2. The molecule has 2 N–H and O–H groups in total. The lowest BCUT2D eigenvalue weighted by Gasteiger charge is -2.21. The molecule has 2 nitrogen and oxygen atoms in total. The molecule has 1 aliphatic carbocycles. The average Bonchev–Trinajstić information content (AvgIpc) is 2.51. The number of unbranched alkanes of at least 4 members (excludes halogenated alkanes) is 1. The van der Waals surface area contributed by atoms with Gasteiger partial charge >= 0.3 is 0 Å². The first kappa shape index (κ1) is 12.6. The number of aryl methyl sites for hydroxylation is 1. The molecule has 0 radical (unpaired) electrons. The third-order valence-corrected chi connectivity index (χ3v) is 3.82. The van der Waals surface area contributed by atoms with Crippen LogP contribution in [0.1, 0.15) is 49.3 Å². The van der Waals surface area contributed by atoms with Gasteiger partial charge in [0.25, 0.3) is 0 Å². The van der Waals surface area contributed by atoms with Gasteiger partial charge < -0.3 is 10.2 Å². The minimum Gasteiger partial charge on any atom is -0.396 e. The highest BCUT2D eigenvalue weighted by Gasteiger charge is 2.25. The maximum Gasteiger partial charge on any atom is 0.0820 e. The molecule has 0 heterocycles. The van der Waals surface area contributed by atoms with Crippen molar-refractivity contribution in [1.82, 2.24) is 0 Å². The first-order valence-corrected chi connectivity index (χ1v) is 6.69. The van der Waals surface area contributed by atoms with Gasteiger partial charge in [-0.1, -0.05) is 30.7 Å². The van der Waals surface area contributed by atoms with Gasteiger partial charge in [-0.25, -0.2) is 0 Å². The van der Waals surface area contributed by atoms with Crippen molar-refractivity contribution in [3.05, 3.63) is 35.4 Å². The quantitative estimate of drug-likeness (QED) is 0.621. The van der Waals surface area contributed by atoms with Crippen molar-refractivity contribution in [3.8, 4) is 0 Å². The molecule has 2 unspecified atom stereocenters. The number of fused-ring (bicyclic) bond motifs is 1. The van der Waals surface area contributed by atoms with Crippen molar-refractivity contribution in [1.29, 1.82) is 0 Å². The Hall–Kier alpha value is -0.860. The molecule has 0 aromatic heterocycles. The van der Waals surface area contributed by atoms with Gasteiger partial charge in [0.15, 0.2) is 0 Å². The third kappa shape index (κ3) is 3.08. The molecule has 1 aromatic carbocycles. The summed E-state index contributed by atoms with van der Waals surface area (Å²) in [7, 11) is 0. The molecular weight excluding hydrogens is 212 g/mol. The van der Waals surface area contributed by atoms with E-state index in [0.717, 1.165) is 44.1 Å². The van der Waals surface area contributed by atoms with Gasteiger partial charge in [-0.15, -0.1) is 0 Å². The molecule has 0 spiro atoms. The summed E-state index contributed by atoms with van der Waals surface area (Å²) in [6, 6.07) is 8.26. The highest BCUT2D eigenvalue weighted by Crippen LogP contribution is 2.35. The van der Waals surface area contributed by atoms with E-state index in [-0.39, 0.29) is 12.7 Å². The minimum absolute atomic E-state index is 0.263. The fourth-order valence-corrected chi connectivity index (χ4v) is 2.84. The van der Waals surface area contributed by atoms with Crippen LogP contribution < -0.4 is 0 Å². The van der Waals surface area contributed by atoms with E-state index in [2.05, 4.69) is 18.2 Å². The van der Waals surface area contributed by atoms with Crippen LogP contribution in [-0.4, -0.2) is 16.8 Å². The maximum atomic E-state index is 10.4. The van der Waals surface area contributed by atoms with Crippen LogP contribution in [0.3, 0.4) is 0 Å². The first-order valence-electron chi connectivity index (χ1n) is 6.69. The zero-order valence-electron chi connectivity index (χ0n) is 10.3. The minimum atomic E-state index is -0.313. The highest BCUT2D eigenvalue weighted by atomic mass is 16.3. The molecule has 1 aliphatic rings. The monoisotopic (exact) mass is 234 g/mol. The molecule has 0 bridgehead atoms. The van der Waals surface area contributed by atoms with Crippen LogP contribution >= 0.6 is 0 Å². The van der Waals surface area contributed by atoms with Gasteiger partial charge in [0.2, 0.25) is 0 Å². The largest absolute Gasteiger partial charge is 0.396 e. The van der Waals surface area contributed by atoms with E-state index in [4.69, 9.17) is 5.11 Å². The summed E-state index contributed by atoms with van der Waals surface area (Å²) in [5, 5.41) is 19.3. The van der Waals surface area contributed by atoms with E-state index >= 15 is 0 Å². The zero-order chi connectivity index (χ0) is 12.1. The van der Waals surface area contributed by atoms with Crippen molar-refractivity contribution in [2.75, 3.05) is 6.61 Å². The first-order chi connectivity index (χ1) is 8.33. The second-order valence-electron chi connectivity index (χ2n) is 5.02. The third-order valence-electron chi connectivity index (χ3n) is 3.82. The molecule has 94 valence electrons. The molecule has 0 fully saturated rings. The van der Waals surface area contributed by atoms with Crippen LogP contribution in [-0.2, 0) is 6.42 Å². The normalized spacial score (nSPS) is 24.1. The Morgan fingerprint density at radius 2 is 2.00 bits per heavy atom. The maximum absolute atomic E-state index is 10.4. The van der Waals surface area contributed by atoms with Crippen molar-refractivity contribution >= 4 is 0 Å². The van der Waals surface area contributed by atoms with Crippen LogP contribution in [0.5, 0.6) is 0 Å². The predicted molar refractivity (Wildman–Crippen MR) is 68.8 cm³/mol. The summed E-state index contributed by atoms with van der Waals surface area (Å²) in [5.41, 5.74) is 2.43. The van der Waals surface area contributed by atoms with Crippen LogP contribution in [0.25, 0.3) is 0 Å². The second kappa shape index (κ2) is 6.18. The summed E-state index contributed by atoms with van der Waals surface area (Å²) in [4.78, 5) is 0. The molecule has 0 saturated carbocycles. The van der Waals surface area contributed by atoms with Crippen molar-refractivity contribution in [2.45, 2.75) is 44.6 Å². The molecule has 2 atom stereocenters. The van der Waals surface area contributed by atoms with Gasteiger partial charge in [0.05, 0.1) is 6.10 Å². The Kier molecular flexibility index (Phi) is 4.57. The number of rotatable bonds is 4. The van der Waals surface area contributed by atoms with Gasteiger partial charge in [0, 0.05) is 6.61 Å². The highest BCUT2D eigenvalue weighted by molar-refractivity contribution is 5.30. The van der Waals surface area contributed by atoms with Crippen LogP contribution in [0.2, 0.25) is 0 Å². The SMILES string of the molecule is OCCCCC1CCCc2ccccc2C1O. The topological polar surface area (TPSA) is 40.5 Å². The van der Waals surface area contributed by atoms with E-state index in [1.807, 2.05) is 6.07 Å². The smallest absolute Gasteiger partial charge is 0.0820 e. The fourth-order valence-electron chi connectivity index (χ4n) is 2.84. The lowest BCUT2D eigenvalue weighted by atomic mass is 9.89. The Labute approximate surface area is 103 Å². The molecule has 0 aliphatic heterocycles. The molecular formula is C15H22O2. The van der Waals surface area contributed by atoms with Crippen molar-refractivity contribution in [2.24, 2.45) is 5.92 Å². The lowest BCUT2D eigenvalue weighted by Crippen LogP contribution is -2.12. The Morgan fingerprint density at radius 3 is 2.82 bits per heavy atom. The number of benzene rings is 1. The molecule has 17 heavy (non-hydrogen) atoms. The molecule has 0 saturated heterocycles. The van der Waals surface area contributed by atoms with Crippen molar-refractivity contribution in [3.63, 3.8) is 0 Å². The molecule has 0 amide bonds. The van der Waals surface area contributed by atoms with Crippen molar-refractivity contribution < 1.29 is 10.2 Å². The van der Waals surface area contributed by atoms with E-state index in [9.17, 15) is 5.11 Å². The summed E-state index contributed by atoms with van der Waals surface area (Å²) in [6.07, 6.45) is 5.93. The van der Waals surface area contributed by atoms with Gasteiger partial charge in [-0.05, 0) is 49.1 Å². The fraction of sp³-hybridized carbons (Fsp3) is 0.600. The summed E-state index contributed by atoms with van der Waals surface area (Å²) >= 11 is 0. The van der Waals surface area contributed by atoms with E-state index in [1.54, 1.807) is 0 Å². The predicted octanol–water partition coefficient (Wildman–Crippen LogP) is 2.84. The summed E-state index contributed by atoms with van der Waals surface area (Å²) in [5.74, 6) is 0.366. The van der Waals surface area contributed by atoms with Crippen LogP contribution in [0, 0.1) is 5.92 Å². The second-order valence-corrected chi connectivity index (χ2v) is 5.02. The molecule has 2 heteroatoms. The number of aliphatic hydroxyl groups is 2. The number of hydrogen-bond donors (Lipinski definition) is 2. The van der Waals surface area contributed by atoms with E-state index < -0.39 is 0 Å². The van der Waals surface area contributed by atoms with Gasteiger partial charge in [-0.3, -0.25) is 0 Å². The van der Waals surface area contributed by atoms with Gasteiger partial charge in [0.1, 0.15) is 0 Å². The average molecular weight is 234 g/mol. The van der Waals surface area contributed by atoms with E-state index in [0.29, 0.717) is 5.92 Å². The Bertz CT molecular complexity index is 349. The standard InChI is InChI=1S/C15H22O2/c16-11-4-3-7-13-9-5-8-12-6-1-2-10-14(12)15(13)17/h1-2,6,10,13,15-17H,3-5,7-9,11H2. The number of aliphatic hydroxyl groups excluding tert-OH is 2. The zero-order valence-corrected chi connectivity index (χ0v) is 10.3. The Morgan fingerprint density at radius 1 is 1.18 bits per heavy atom. The van der Waals surface area contributed by atoms with Gasteiger partial charge in [-0.2, -0.15) is 0 Å². The lowest BCUT2D eigenvalue weighted by molar-refractivity contribution is 0.0969.